The van der Waals surface area contributed by atoms with Crippen LogP contribution in [0, 0.1) is 5.82 Å². The molecule has 0 spiro atoms. The molecular weight excluding hydrogens is 269 g/mol. The SMILES string of the molecule is CNC1=CCCc2cc(Sc3cccc(F)c3)ccc21. The summed E-state index contributed by atoms with van der Waals surface area (Å²) < 4.78 is 13.2. The van der Waals surface area contributed by atoms with Crippen LogP contribution in [0.25, 0.3) is 5.70 Å². The summed E-state index contributed by atoms with van der Waals surface area (Å²) in [5, 5.41) is 3.24. The molecule has 0 saturated carbocycles. The number of fused-ring (bicyclic) bond motifs is 1. The molecule has 3 rings (SSSR count). The fraction of sp³-hybridized carbons (Fsp3) is 0.176. The fourth-order valence-corrected chi connectivity index (χ4v) is 3.42. The molecule has 0 atom stereocenters. The lowest BCUT2D eigenvalue weighted by Crippen LogP contribution is -2.10. The van der Waals surface area contributed by atoms with Gasteiger partial charge in [0.05, 0.1) is 0 Å². The Morgan fingerprint density at radius 1 is 1.10 bits per heavy atom. The van der Waals surface area contributed by atoms with E-state index in [4.69, 9.17) is 0 Å². The number of aryl methyl sites for hydroxylation is 1. The van der Waals surface area contributed by atoms with Crippen LogP contribution in [0.4, 0.5) is 4.39 Å². The van der Waals surface area contributed by atoms with Crippen molar-refractivity contribution in [2.24, 2.45) is 0 Å². The van der Waals surface area contributed by atoms with Gasteiger partial charge in [-0.05, 0) is 48.7 Å². The summed E-state index contributed by atoms with van der Waals surface area (Å²) in [6.07, 6.45) is 4.37. The Hall–Kier alpha value is -1.74. The quantitative estimate of drug-likeness (QED) is 0.892. The van der Waals surface area contributed by atoms with E-state index in [1.165, 1.54) is 22.9 Å². The standard InChI is InChI=1S/C17H16FNS/c1-19-17-7-2-4-12-10-15(8-9-16(12)17)20-14-6-3-5-13(18)11-14/h3,5-11,19H,2,4H2,1H3. The van der Waals surface area contributed by atoms with Crippen molar-refractivity contribution in [3.63, 3.8) is 0 Å². The number of hydrogen-bond donors (Lipinski definition) is 1. The van der Waals surface area contributed by atoms with E-state index in [1.807, 2.05) is 13.1 Å². The fourth-order valence-electron chi connectivity index (χ4n) is 2.49. The molecule has 0 aromatic heterocycles. The Morgan fingerprint density at radius 2 is 1.95 bits per heavy atom. The molecule has 0 bridgehead atoms. The van der Waals surface area contributed by atoms with Gasteiger partial charge in [-0.1, -0.05) is 30.0 Å². The lowest BCUT2D eigenvalue weighted by atomic mass is 9.95. The zero-order valence-electron chi connectivity index (χ0n) is 11.3. The molecule has 3 heteroatoms. The summed E-state index contributed by atoms with van der Waals surface area (Å²) in [6.45, 7) is 0. The van der Waals surface area contributed by atoms with Gasteiger partial charge < -0.3 is 5.32 Å². The molecule has 0 aliphatic heterocycles. The Labute approximate surface area is 122 Å². The third-order valence-electron chi connectivity index (χ3n) is 3.43. The Kier molecular flexibility index (Phi) is 3.79. The zero-order chi connectivity index (χ0) is 13.9. The first-order valence-electron chi connectivity index (χ1n) is 6.71. The number of nitrogens with one attached hydrogen (secondary N) is 1. The third-order valence-corrected chi connectivity index (χ3v) is 4.41. The van der Waals surface area contributed by atoms with Gasteiger partial charge in [-0.3, -0.25) is 0 Å². The van der Waals surface area contributed by atoms with Crippen molar-refractivity contribution in [2.45, 2.75) is 22.6 Å². The second-order valence-electron chi connectivity index (χ2n) is 4.78. The third kappa shape index (κ3) is 2.73. The lowest BCUT2D eigenvalue weighted by Gasteiger charge is -2.18. The van der Waals surface area contributed by atoms with E-state index in [9.17, 15) is 4.39 Å². The summed E-state index contributed by atoms with van der Waals surface area (Å²) in [5.74, 6) is -0.187. The molecule has 2 aromatic carbocycles. The molecule has 2 aromatic rings. The summed E-state index contributed by atoms with van der Waals surface area (Å²) in [7, 11) is 1.95. The van der Waals surface area contributed by atoms with E-state index in [0.29, 0.717) is 0 Å². The smallest absolute Gasteiger partial charge is 0.124 e. The Morgan fingerprint density at radius 3 is 2.75 bits per heavy atom. The second-order valence-corrected chi connectivity index (χ2v) is 5.93. The minimum absolute atomic E-state index is 0.187. The number of allylic oxidation sites excluding steroid dienone is 1. The highest BCUT2D eigenvalue weighted by Gasteiger charge is 2.12. The number of rotatable bonds is 3. The van der Waals surface area contributed by atoms with E-state index in [2.05, 4.69) is 29.6 Å². The van der Waals surface area contributed by atoms with E-state index in [0.717, 1.165) is 22.6 Å². The predicted octanol–water partition coefficient (Wildman–Crippen LogP) is 4.48. The lowest BCUT2D eigenvalue weighted by molar-refractivity contribution is 0.624. The second kappa shape index (κ2) is 5.71. The molecule has 20 heavy (non-hydrogen) atoms. The molecule has 102 valence electrons. The van der Waals surface area contributed by atoms with Crippen LogP contribution in [0.15, 0.2) is 58.3 Å². The van der Waals surface area contributed by atoms with Gasteiger partial charge >= 0.3 is 0 Å². The van der Waals surface area contributed by atoms with Crippen molar-refractivity contribution in [2.75, 3.05) is 7.05 Å². The molecule has 0 radical (unpaired) electrons. The summed E-state index contributed by atoms with van der Waals surface area (Å²) in [4.78, 5) is 2.09. The highest BCUT2D eigenvalue weighted by molar-refractivity contribution is 7.99. The van der Waals surface area contributed by atoms with Gasteiger partial charge in [-0.15, -0.1) is 0 Å². The molecule has 1 N–H and O–H groups in total. The van der Waals surface area contributed by atoms with Gasteiger partial charge in [0.2, 0.25) is 0 Å². The van der Waals surface area contributed by atoms with Crippen LogP contribution >= 0.6 is 11.8 Å². The van der Waals surface area contributed by atoms with E-state index < -0.39 is 0 Å². The Balaban J connectivity index is 1.88. The van der Waals surface area contributed by atoms with Gasteiger partial charge in [0, 0.05) is 28.1 Å². The zero-order valence-corrected chi connectivity index (χ0v) is 12.1. The average molecular weight is 285 g/mol. The van der Waals surface area contributed by atoms with Crippen LogP contribution in [-0.2, 0) is 6.42 Å². The van der Waals surface area contributed by atoms with Crippen LogP contribution in [0.5, 0.6) is 0 Å². The van der Waals surface area contributed by atoms with E-state index in [-0.39, 0.29) is 5.82 Å². The number of benzene rings is 2. The van der Waals surface area contributed by atoms with Crippen LogP contribution in [0.2, 0.25) is 0 Å². The van der Waals surface area contributed by atoms with E-state index in [1.54, 1.807) is 23.9 Å². The molecule has 0 amide bonds. The molecule has 1 nitrogen and oxygen atoms in total. The van der Waals surface area contributed by atoms with Gasteiger partial charge in [-0.25, -0.2) is 4.39 Å². The maximum atomic E-state index is 13.2. The highest BCUT2D eigenvalue weighted by atomic mass is 32.2. The van der Waals surface area contributed by atoms with Crippen LogP contribution in [0.3, 0.4) is 0 Å². The van der Waals surface area contributed by atoms with Crippen molar-refractivity contribution in [1.29, 1.82) is 0 Å². The van der Waals surface area contributed by atoms with E-state index >= 15 is 0 Å². The molecular formula is C17H16FNS. The van der Waals surface area contributed by atoms with Crippen LogP contribution < -0.4 is 5.32 Å². The monoisotopic (exact) mass is 285 g/mol. The summed E-state index contributed by atoms with van der Waals surface area (Å²) in [6, 6.07) is 13.2. The van der Waals surface area contributed by atoms with Crippen molar-refractivity contribution in [3.8, 4) is 0 Å². The molecule has 1 aliphatic rings. The Bertz CT molecular complexity index is 664. The maximum absolute atomic E-state index is 13.2. The maximum Gasteiger partial charge on any atom is 0.124 e. The van der Waals surface area contributed by atoms with Crippen molar-refractivity contribution in [1.82, 2.24) is 5.32 Å². The predicted molar refractivity (Wildman–Crippen MR) is 82.3 cm³/mol. The molecule has 0 unspecified atom stereocenters. The first-order valence-corrected chi connectivity index (χ1v) is 7.52. The normalized spacial score (nSPS) is 13.6. The largest absolute Gasteiger partial charge is 0.388 e. The number of halogens is 1. The van der Waals surface area contributed by atoms with Gasteiger partial charge in [0.1, 0.15) is 5.82 Å². The molecule has 0 saturated heterocycles. The summed E-state index contributed by atoms with van der Waals surface area (Å²) >= 11 is 1.60. The minimum atomic E-state index is -0.187. The molecule has 0 fully saturated rings. The van der Waals surface area contributed by atoms with Crippen molar-refractivity contribution >= 4 is 17.5 Å². The summed E-state index contributed by atoms with van der Waals surface area (Å²) in [5.41, 5.74) is 3.84. The average Bonchev–Trinajstić information content (AvgIpc) is 2.46. The van der Waals surface area contributed by atoms with Crippen molar-refractivity contribution < 1.29 is 4.39 Å². The minimum Gasteiger partial charge on any atom is -0.388 e. The van der Waals surface area contributed by atoms with Crippen LogP contribution in [-0.4, -0.2) is 7.05 Å². The number of hydrogen-bond acceptors (Lipinski definition) is 2. The van der Waals surface area contributed by atoms with Crippen molar-refractivity contribution in [3.05, 3.63) is 65.5 Å². The topological polar surface area (TPSA) is 12.0 Å². The first-order chi connectivity index (χ1) is 9.76. The van der Waals surface area contributed by atoms with Gasteiger partial charge in [0.15, 0.2) is 0 Å². The van der Waals surface area contributed by atoms with Crippen LogP contribution in [0.1, 0.15) is 17.5 Å². The van der Waals surface area contributed by atoms with Gasteiger partial charge in [-0.2, -0.15) is 0 Å². The highest BCUT2D eigenvalue weighted by Crippen LogP contribution is 2.32. The molecule has 1 aliphatic carbocycles. The first kappa shape index (κ1) is 13.3. The van der Waals surface area contributed by atoms with Gasteiger partial charge in [0.25, 0.3) is 0 Å². The molecule has 0 heterocycles.